The summed E-state index contributed by atoms with van der Waals surface area (Å²) in [5.41, 5.74) is 0.636. The number of anilines is 2. The van der Waals surface area contributed by atoms with Gasteiger partial charge >= 0.3 is 0 Å². The maximum atomic E-state index is 13.7. The van der Waals surface area contributed by atoms with Crippen molar-refractivity contribution in [3.8, 4) is 0 Å². The van der Waals surface area contributed by atoms with Crippen molar-refractivity contribution < 1.29 is 8.91 Å². The lowest BCUT2D eigenvalue weighted by atomic mass is 9.91. The highest BCUT2D eigenvalue weighted by atomic mass is 19.1. The minimum absolute atomic E-state index is 0.258. The number of piperazine rings is 1. The molecule has 28 heavy (non-hydrogen) atoms. The van der Waals surface area contributed by atoms with E-state index in [1.54, 1.807) is 18.5 Å². The second-order valence-electron chi connectivity index (χ2n) is 7.64. The van der Waals surface area contributed by atoms with Crippen LogP contribution in [-0.4, -0.2) is 58.8 Å². The Hall–Kier alpha value is -2.74. The second kappa shape index (κ2) is 7.35. The minimum atomic E-state index is -0.258. The summed E-state index contributed by atoms with van der Waals surface area (Å²) < 4.78 is 19.0. The SMILES string of the molecule is Fc1ccc2onc(N3CCN4C[C@H](CNc5ncccn5)CC[C@@H]4C3)c2c1. The first-order valence-electron chi connectivity index (χ1n) is 9.81. The van der Waals surface area contributed by atoms with E-state index in [0.717, 1.165) is 50.3 Å². The van der Waals surface area contributed by atoms with E-state index in [0.29, 0.717) is 23.5 Å². The Morgan fingerprint density at radius 1 is 1.14 bits per heavy atom. The zero-order valence-electron chi connectivity index (χ0n) is 15.6. The molecule has 2 aliphatic heterocycles. The van der Waals surface area contributed by atoms with Crippen LogP contribution in [0.15, 0.2) is 41.2 Å². The lowest BCUT2D eigenvalue weighted by molar-refractivity contribution is 0.0994. The topological polar surface area (TPSA) is 70.3 Å². The summed E-state index contributed by atoms with van der Waals surface area (Å²) in [6.45, 7) is 4.72. The maximum absolute atomic E-state index is 13.7. The first-order valence-corrected chi connectivity index (χ1v) is 9.81. The molecule has 0 spiro atoms. The largest absolute Gasteiger partial charge is 0.354 e. The highest BCUT2D eigenvalue weighted by Gasteiger charge is 2.34. The molecule has 2 saturated heterocycles. The van der Waals surface area contributed by atoms with Gasteiger partial charge in [0, 0.05) is 51.2 Å². The van der Waals surface area contributed by atoms with Gasteiger partial charge in [0.15, 0.2) is 11.4 Å². The molecule has 2 aromatic heterocycles. The van der Waals surface area contributed by atoms with Crippen LogP contribution in [0.2, 0.25) is 0 Å². The van der Waals surface area contributed by atoms with Gasteiger partial charge in [0.05, 0.1) is 5.39 Å². The molecule has 5 rings (SSSR count). The van der Waals surface area contributed by atoms with E-state index in [1.165, 1.54) is 18.6 Å². The van der Waals surface area contributed by atoms with Gasteiger partial charge in [-0.3, -0.25) is 4.90 Å². The van der Waals surface area contributed by atoms with E-state index in [1.807, 2.05) is 6.07 Å². The van der Waals surface area contributed by atoms with Crippen LogP contribution >= 0.6 is 0 Å². The predicted molar refractivity (Wildman–Crippen MR) is 105 cm³/mol. The highest BCUT2D eigenvalue weighted by molar-refractivity contribution is 5.88. The number of hydrogen-bond acceptors (Lipinski definition) is 7. The van der Waals surface area contributed by atoms with Gasteiger partial charge in [-0.25, -0.2) is 14.4 Å². The van der Waals surface area contributed by atoms with Crippen molar-refractivity contribution in [3.05, 3.63) is 42.5 Å². The summed E-state index contributed by atoms with van der Waals surface area (Å²) in [5, 5.41) is 8.33. The normalized spacial score (nSPS) is 23.0. The quantitative estimate of drug-likeness (QED) is 0.744. The molecule has 7 nitrogen and oxygen atoms in total. The molecular weight excluding hydrogens is 359 g/mol. The van der Waals surface area contributed by atoms with E-state index in [9.17, 15) is 4.39 Å². The van der Waals surface area contributed by atoms with Crippen LogP contribution in [0.25, 0.3) is 11.0 Å². The van der Waals surface area contributed by atoms with Gasteiger partial charge in [0.2, 0.25) is 5.95 Å². The minimum Gasteiger partial charge on any atom is -0.354 e. The average Bonchev–Trinajstić information content (AvgIpc) is 3.15. The molecule has 1 aromatic carbocycles. The predicted octanol–water partition coefficient (Wildman–Crippen LogP) is 2.77. The van der Waals surface area contributed by atoms with Crippen LogP contribution in [0, 0.1) is 11.7 Å². The van der Waals surface area contributed by atoms with Gasteiger partial charge < -0.3 is 14.7 Å². The fraction of sp³-hybridized carbons (Fsp3) is 0.450. The van der Waals surface area contributed by atoms with Crippen molar-refractivity contribution in [3.63, 3.8) is 0 Å². The van der Waals surface area contributed by atoms with Crippen molar-refractivity contribution in [1.29, 1.82) is 0 Å². The van der Waals surface area contributed by atoms with Crippen LogP contribution in [0.5, 0.6) is 0 Å². The first kappa shape index (κ1) is 17.4. The number of piperidine rings is 1. The Bertz CT molecular complexity index is 948. The van der Waals surface area contributed by atoms with Gasteiger partial charge in [-0.1, -0.05) is 5.16 Å². The zero-order chi connectivity index (χ0) is 18.9. The van der Waals surface area contributed by atoms with Crippen molar-refractivity contribution in [1.82, 2.24) is 20.0 Å². The van der Waals surface area contributed by atoms with E-state index >= 15 is 0 Å². The molecule has 1 N–H and O–H groups in total. The lowest BCUT2D eigenvalue weighted by Crippen LogP contribution is -2.57. The van der Waals surface area contributed by atoms with E-state index < -0.39 is 0 Å². The third-order valence-electron chi connectivity index (χ3n) is 5.83. The zero-order valence-corrected chi connectivity index (χ0v) is 15.6. The van der Waals surface area contributed by atoms with Crippen LogP contribution in [0.1, 0.15) is 12.8 Å². The van der Waals surface area contributed by atoms with Crippen LogP contribution in [0.3, 0.4) is 0 Å². The molecule has 2 atom stereocenters. The molecule has 2 aliphatic rings. The van der Waals surface area contributed by atoms with Crippen LogP contribution in [0.4, 0.5) is 16.2 Å². The molecule has 4 heterocycles. The van der Waals surface area contributed by atoms with Gasteiger partial charge in [-0.2, -0.15) is 0 Å². The van der Waals surface area contributed by atoms with Crippen molar-refractivity contribution in [2.24, 2.45) is 5.92 Å². The molecule has 0 amide bonds. The van der Waals surface area contributed by atoms with E-state index in [4.69, 9.17) is 4.52 Å². The highest BCUT2D eigenvalue weighted by Crippen LogP contribution is 2.31. The molecule has 8 heteroatoms. The second-order valence-corrected chi connectivity index (χ2v) is 7.64. The number of fused-ring (bicyclic) bond motifs is 2. The van der Waals surface area contributed by atoms with E-state index in [-0.39, 0.29) is 5.82 Å². The molecule has 0 aliphatic carbocycles. The smallest absolute Gasteiger partial charge is 0.222 e. The Balaban J connectivity index is 1.21. The fourth-order valence-corrected chi connectivity index (χ4v) is 4.37. The molecule has 0 unspecified atom stereocenters. The lowest BCUT2D eigenvalue weighted by Gasteiger charge is -2.46. The Kier molecular flexibility index (Phi) is 4.56. The first-order chi connectivity index (χ1) is 13.8. The maximum Gasteiger partial charge on any atom is 0.222 e. The Labute approximate surface area is 162 Å². The third-order valence-corrected chi connectivity index (χ3v) is 5.83. The number of hydrogen-bond donors (Lipinski definition) is 1. The average molecular weight is 382 g/mol. The number of halogens is 1. The summed E-state index contributed by atoms with van der Waals surface area (Å²) in [5.74, 6) is 1.79. The summed E-state index contributed by atoms with van der Waals surface area (Å²) in [4.78, 5) is 13.3. The molecule has 2 fully saturated rings. The van der Waals surface area contributed by atoms with Crippen molar-refractivity contribution >= 4 is 22.7 Å². The molecule has 0 bridgehead atoms. The van der Waals surface area contributed by atoms with Gasteiger partial charge in [0.1, 0.15) is 5.82 Å². The monoisotopic (exact) mass is 382 g/mol. The summed E-state index contributed by atoms with van der Waals surface area (Å²) >= 11 is 0. The van der Waals surface area contributed by atoms with Crippen molar-refractivity contribution in [2.45, 2.75) is 18.9 Å². The van der Waals surface area contributed by atoms with Crippen molar-refractivity contribution in [2.75, 3.05) is 42.9 Å². The number of aromatic nitrogens is 3. The standard InChI is InChI=1S/C20H23FN6O/c21-15-3-5-18-17(10-15)19(25-28-18)27-9-8-26-12-14(2-4-16(26)13-27)11-24-20-22-6-1-7-23-20/h1,3,5-7,10,14,16H,2,4,8-9,11-13H2,(H,22,23,24)/t14-,16+/m0/s1. The van der Waals surface area contributed by atoms with Gasteiger partial charge in [-0.05, 0) is 43.0 Å². The Morgan fingerprint density at radius 2 is 2.04 bits per heavy atom. The molecule has 3 aromatic rings. The molecule has 0 radical (unpaired) electrons. The summed E-state index contributed by atoms with van der Waals surface area (Å²) in [6.07, 6.45) is 5.82. The number of nitrogens with one attached hydrogen (secondary N) is 1. The number of benzene rings is 1. The number of rotatable bonds is 4. The van der Waals surface area contributed by atoms with Crippen LogP contribution < -0.4 is 10.2 Å². The number of nitrogens with zero attached hydrogens (tertiary/aromatic N) is 5. The molecule has 0 saturated carbocycles. The van der Waals surface area contributed by atoms with Crippen LogP contribution in [-0.2, 0) is 0 Å². The summed E-state index contributed by atoms with van der Waals surface area (Å²) in [7, 11) is 0. The van der Waals surface area contributed by atoms with Gasteiger partial charge in [0.25, 0.3) is 0 Å². The Morgan fingerprint density at radius 3 is 2.93 bits per heavy atom. The summed E-state index contributed by atoms with van der Waals surface area (Å²) in [6, 6.07) is 6.89. The van der Waals surface area contributed by atoms with Gasteiger partial charge in [-0.15, -0.1) is 0 Å². The third kappa shape index (κ3) is 3.40. The molecule has 146 valence electrons. The molecular formula is C20H23FN6O. The van der Waals surface area contributed by atoms with E-state index in [2.05, 4.69) is 30.2 Å². The fourth-order valence-electron chi connectivity index (χ4n) is 4.37.